The number of ether oxygens (including phenoxy) is 5. The molecule has 3 rings (SSSR count). The van der Waals surface area contributed by atoms with E-state index in [1.807, 2.05) is 55.5 Å². The molecule has 5 atom stereocenters. The highest BCUT2D eigenvalue weighted by molar-refractivity contribution is 7.99. The number of thioether (sulfide) groups is 1. The predicted molar refractivity (Wildman–Crippen MR) is 154 cm³/mol. The van der Waals surface area contributed by atoms with Gasteiger partial charge in [0.2, 0.25) is 0 Å². The van der Waals surface area contributed by atoms with E-state index in [1.165, 1.54) is 39.6 Å². The summed E-state index contributed by atoms with van der Waals surface area (Å²) in [5.41, 5.74) is 4.19. The third kappa shape index (κ3) is 8.93. The number of rotatable bonds is 10. The standard InChI is InChI=1S/C31H36O9S/c1-18-10-15-24(17-25(18)16-23-13-11-22(12-14-23)8-7-9-26(35)36-5)27-28(37-19(2)32)29(38-20(3)33)30(39-21(4)34)31(40-27)41-6/h7-8,10-15,17,27-31H,9,16H2,1-6H3/b8-7+/t27-,28-,29+,30-,31+/m0/s1. The van der Waals surface area contributed by atoms with Crippen molar-refractivity contribution in [2.24, 2.45) is 0 Å². The highest BCUT2D eigenvalue weighted by Gasteiger charge is 2.52. The van der Waals surface area contributed by atoms with Crippen molar-refractivity contribution in [2.45, 2.75) is 70.4 Å². The van der Waals surface area contributed by atoms with Crippen molar-refractivity contribution >= 4 is 41.7 Å². The van der Waals surface area contributed by atoms with Crippen LogP contribution in [0, 0.1) is 6.92 Å². The van der Waals surface area contributed by atoms with Crippen LogP contribution < -0.4 is 0 Å². The zero-order valence-corrected chi connectivity index (χ0v) is 24.9. The van der Waals surface area contributed by atoms with E-state index in [0.717, 1.165) is 27.8 Å². The van der Waals surface area contributed by atoms with Crippen molar-refractivity contribution < 1.29 is 42.9 Å². The Balaban J connectivity index is 1.91. The fourth-order valence-corrected chi connectivity index (χ4v) is 5.34. The summed E-state index contributed by atoms with van der Waals surface area (Å²) in [6.07, 6.45) is 2.39. The fourth-order valence-electron chi connectivity index (χ4n) is 4.63. The van der Waals surface area contributed by atoms with Crippen molar-refractivity contribution in [3.63, 3.8) is 0 Å². The van der Waals surface area contributed by atoms with Crippen LogP contribution in [0.4, 0.5) is 0 Å². The molecule has 0 N–H and O–H groups in total. The number of methoxy groups -OCH3 is 1. The number of carbonyl (C=O) groups excluding carboxylic acids is 4. The van der Waals surface area contributed by atoms with Crippen LogP contribution in [0.1, 0.15) is 61.1 Å². The summed E-state index contributed by atoms with van der Waals surface area (Å²) >= 11 is 1.30. The molecule has 10 heteroatoms. The van der Waals surface area contributed by atoms with Crippen LogP contribution in [0.3, 0.4) is 0 Å². The van der Waals surface area contributed by atoms with E-state index in [-0.39, 0.29) is 12.4 Å². The van der Waals surface area contributed by atoms with E-state index in [4.69, 9.17) is 18.9 Å². The quantitative estimate of drug-likeness (QED) is 0.287. The zero-order valence-electron chi connectivity index (χ0n) is 24.1. The Bertz CT molecular complexity index is 1270. The summed E-state index contributed by atoms with van der Waals surface area (Å²) in [7, 11) is 1.36. The van der Waals surface area contributed by atoms with E-state index in [2.05, 4.69) is 4.74 Å². The fraction of sp³-hybridized carbons (Fsp3) is 0.419. The first kappa shape index (κ1) is 31.9. The van der Waals surface area contributed by atoms with Crippen LogP contribution in [-0.4, -0.2) is 61.0 Å². The van der Waals surface area contributed by atoms with Crippen molar-refractivity contribution in [3.05, 3.63) is 76.4 Å². The molecule has 0 amide bonds. The Hall–Kier alpha value is -3.63. The molecule has 0 unspecified atom stereocenters. The molecule has 0 spiro atoms. The lowest BCUT2D eigenvalue weighted by atomic mass is 9.90. The van der Waals surface area contributed by atoms with E-state index >= 15 is 0 Å². The second kappa shape index (κ2) is 14.8. The summed E-state index contributed by atoms with van der Waals surface area (Å²) in [5, 5.41) is 0. The van der Waals surface area contributed by atoms with E-state index in [0.29, 0.717) is 6.42 Å². The third-order valence-corrected chi connectivity index (χ3v) is 7.38. The largest absolute Gasteiger partial charge is 0.469 e. The van der Waals surface area contributed by atoms with Gasteiger partial charge in [0, 0.05) is 20.8 Å². The van der Waals surface area contributed by atoms with Gasteiger partial charge in [-0.15, -0.1) is 11.8 Å². The predicted octanol–water partition coefficient (Wildman–Crippen LogP) is 4.72. The average Bonchev–Trinajstić information content (AvgIpc) is 2.92. The number of esters is 4. The number of benzene rings is 2. The average molecular weight is 585 g/mol. The summed E-state index contributed by atoms with van der Waals surface area (Å²) in [4.78, 5) is 47.4. The Morgan fingerprint density at radius 2 is 1.49 bits per heavy atom. The molecule has 1 fully saturated rings. The lowest BCUT2D eigenvalue weighted by Crippen LogP contribution is -2.57. The van der Waals surface area contributed by atoms with Crippen molar-refractivity contribution in [3.8, 4) is 0 Å². The SMILES string of the molecule is COC(=O)C/C=C/c1ccc(Cc2cc([C@@H]3O[C@H](SC)[C@@H](OC(C)=O)[C@H](OC(C)=O)[C@H]3OC(C)=O)ccc2C)cc1. The highest BCUT2D eigenvalue weighted by Crippen LogP contribution is 2.40. The maximum absolute atomic E-state index is 12.1. The Morgan fingerprint density at radius 3 is 2.07 bits per heavy atom. The summed E-state index contributed by atoms with van der Waals surface area (Å²) < 4.78 is 27.8. The van der Waals surface area contributed by atoms with Gasteiger partial charge >= 0.3 is 23.9 Å². The van der Waals surface area contributed by atoms with Gasteiger partial charge in [0.05, 0.1) is 13.5 Å². The number of carbonyl (C=O) groups is 4. The molecule has 2 aromatic rings. The van der Waals surface area contributed by atoms with E-state index < -0.39 is 47.8 Å². The minimum Gasteiger partial charge on any atom is -0.469 e. The lowest BCUT2D eigenvalue weighted by molar-refractivity contribution is -0.233. The van der Waals surface area contributed by atoms with Gasteiger partial charge in [-0.05, 0) is 47.4 Å². The van der Waals surface area contributed by atoms with Crippen LogP contribution in [0.15, 0.2) is 48.5 Å². The number of hydrogen-bond donors (Lipinski definition) is 0. The van der Waals surface area contributed by atoms with Crippen molar-refractivity contribution in [1.82, 2.24) is 0 Å². The van der Waals surface area contributed by atoms with E-state index in [1.54, 1.807) is 12.3 Å². The number of aryl methyl sites for hydroxylation is 1. The molecule has 1 aliphatic rings. The molecule has 1 aliphatic heterocycles. The molecule has 0 bridgehead atoms. The summed E-state index contributed by atoms with van der Waals surface area (Å²) in [6.45, 7) is 5.78. The zero-order chi connectivity index (χ0) is 30.1. The maximum atomic E-state index is 12.1. The van der Waals surface area contributed by atoms with Crippen LogP contribution in [0.25, 0.3) is 6.08 Å². The Kier molecular flexibility index (Phi) is 11.5. The second-order valence-corrected chi connectivity index (χ2v) is 10.6. The summed E-state index contributed by atoms with van der Waals surface area (Å²) in [5.74, 6) is -2.05. The summed E-state index contributed by atoms with van der Waals surface area (Å²) in [6, 6.07) is 13.9. The molecular weight excluding hydrogens is 548 g/mol. The van der Waals surface area contributed by atoms with Crippen molar-refractivity contribution in [2.75, 3.05) is 13.4 Å². The monoisotopic (exact) mass is 584 g/mol. The van der Waals surface area contributed by atoms with Gasteiger partial charge in [-0.25, -0.2) is 0 Å². The van der Waals surface area contributed by atoms with Crippen LogP contribution in [0.5, 0.6) is 0 Å². The van der Waals surface area contributed by atoms with Gasteiger partial charge in [0.1, 0.15) is 11.5 Å². The van der Waals surface area contributed by atoms with Gasteiger partial charge in [-0.3, -0.25) is 19.2 Å². The minimum absolute atomic E-state index is 0.207. The van der Waals surface area contributed by atoms with Crippen LogP contribution >= 0.6 is 11.8 Å². The molecule has 1 heterocycles. The molecule has 0 aliphatic carbocycles. The van der Waals surface area contributed by atoms with Gasteiger partial charge in [0.15, 0.2) is 18.3 Å². The van der Waals surface area contributed by atoms with Gasteiger partial charge in [-0.2, -0.15) is 0 Å². The highest BCUT2D eigenvalue weighted by atomic mass is 32.2. The van der Waals surface area contributed by atoms with E-state index in [9.17, 15) is 19.2 Å². The molecule has 220 valence electrons. The normalized spacial score (nSPS) is 22.1. The first-order valence-electron chi connectivity index (χ1n) is 13.1. The molecule has 0 aromatic heterocycles. The smallest absolute Gasteiger partial charge is 0.309 e. The molecule has 2 aromatic carbocycles. The van der Waals surface area contributed by atoms with Gasteiger partial charge < -0.3 is 23.7 Å². The molecular formula is C31H36O9S. The second-order valence-electron chi connectivity index (χ2n) is 9.67. The third-order valence-electron chi connectivity index (χ3n) is 6.53. The molecule has 1 saturated heterocycles. The topological polar surface area (TPSA) is 114 Å². The first-order chi connectivity index (χ1) is 19.5. The van der Waals surface area contributed by atoms with Crippen molar-refractivity contribution in [1.29, 1.82) is 0 Å². The molecule has 0 saturated carbocycles. The Labute approximate surface area is 244 Å². The molecule has 0 radical (unpaired) electrons. The first-order valence-corrected chi connectivity index (χ1v) is 14.4. The van der Waals surface area contributed by atoms with Crippen LogP contribution in [0.2, 0.25) is 0 Å². The molecule has 9 nitrogen and oxygen atoms in total. The number of hydrogen-bond acceptors (Lipinski definition) is 10. The van der Waals surface area contributed by atoms with Gasteiger partial charge in [0.25, 0.3) is 0 Å². The van der Waals surface area contributed by atoms with Crippen LogP contribution in [-0.2, 0) is 49.3 Å². The Morgan fingerprint density at radius 1 is 0.878 bits per heavy atom. The molecule has 41 heavy (non-hydrogen) atoms. The van der Waals surface area contributed by atoms with Gasteiger partial charge in [-0.1, -0.05) is 54.6 Å². The minimum atomic E-state index is -1.07. The lowest BCUT2D eigenvalue weighted by Gasteiger charge is -2.44. The maximum Gasteiger partial charge on any atom is 0.309 e.